The van der Waals surface area contributed by atoms with Crippen molar-refractivity contribution < 1.29 is 0 Å². The highest BCUT2D eigenvalue weighted by Crippen LogP contribution is 2.30. The molecule has 3 rings (SSSR count). The number of halogens is 2. The largest absolute Gasteiger partial charge is 0.140 e. The predicted octanol–water partition coefficient (Wildman–Crippen LogP) is 5.91. The first-order valence-electron chi connectivity index (χ1n) is 5.64. The van der Waals surface area contributed by atoms with Crippen LogP contribution in [0.2, 0.25) is 5.02 Å². The Hall–Kier alpha value is -0.830. The fourth-order valence-corrected chi connectivity index (χ4v) is 3.89. The van der Waals surface area contributed by atoms with Crippen molar-refractivity contribution in [1.82, 2.24) is 0 Å². The number of hydrogen-bond donors (Lipinski definition) is 0. The molecule has 0 bridgehead atoms. The lowest BCUT2D eigenvalue weighted by Gasteiger charge is -2.02. The molecule has 1 heterocycles. The molecule has 0 saturated heterocycles. The summed E-state index contributed by atoms with van der Waals surface area (Å²) in [5.74, 6) is 0. The first-order valence-corrected chi connectivity index (χ1v) is 7.62. The van der Waals surface area contributed by atoms with Gasteiger partial charge in [-0.15, -0.1) is 11.3 Å². The Bertz CT molecular complexity index is 670. The Morgan fingerprint density at radius 1 is 1.06 bits per heavy atom. The summed E-state index contributed by atoms with van der Waals surface area (Å²) >= 11 is 11.4. The Kier molecular flexibility index (Phi) is 3.42. The van der Waals surface area contributed by atoms with E-state index in [-0.39, 0.29) is 0 Å². The lowest BCUT2D eigenvalue weighted by atomic mass is 10.1. The van der Waals surface area contributed by atoms with Gasteiger partial charge < -0.3 is 0 Å². The van der Waals surface area contributed by atoms with Gasteiger partial charge in [0.05, 0.1) is 0 Å². The highest BCUT2D eigenvalue weighted by molar-refractivity contribution is 9.10. The third-order valence-corrected chi connectivity index (χ3v) is 4.95. The first kappa shape index (κ1) is 12.2. The maximum Gasteiger partial charge on any atom is 0.0417 e. The zero-order valence-corrected chi connectivity index (χ0v) is 12.6. The Balaban J connectivity index is 1.96. The van der Waals surface area contributed by atoms with E-state index >= 15 is 0 Å². The zero-order chi connectivity index (χ0) is 12.5. The SMILES string of the molecule is Clc1ccc(Cc2cc3ccccc3s2)c(Br)c1. The highest BCUT2D eigenvalue weighted by atomic mass is 79.9. The molecule has 0 radical (unpaired) electrons. The second kappa shape index (κ2) is 5.04. The van der Waals surface area contributed by atoms with Crippen LogP contribution in [0.15, 0.2) is 53.0 Å². The van der Waals surface area contributed by atoms with Crippen molar-refractivity contribution in [3.05, 3.63) is 68.5 Å². The average molecular weight is 338 g/mol. The van der Waals surface area contributed by atoms with Crippen LogP contribution in [0.4, 0.5) is 0 Å². The number of rotatable bonds is 2. The first-order chi connectivity index (χ1) is 8.72. The average Bonchev–Trinajstić information content (AvgIpc) is 2.75. The molecule has 0 atom stereocenters. The van der Waals surface area contributed by atoms with Crippen molar-refractivity contribution in [3.8, 4) is 0 Å². The molecular weight excluding hydrogens is 328 g/mol. The quantitative estimate of drug-likeness (QED) is 0.545. The van der Waals surface area contributed by atoms with E-state index in [4.69, 9.17) is 11.6 Å². The smallest absolute Gasteiger partial charge is 0.0417 e. The number of benzene rings is 2. The van der Waals surface area contributed by atoms with Crippen molar-refractivity contribution >= 4 is 49.0 Å². The minimum absolute atomic E-state index is 0.766. The molecule has 0 aliphatic carbocycles. The molecule has 0 N–H and O–H groups in total. The summed E-state index contributed by atoms with van der Waals surface area (Å²) < 4.78 is 2.42. The molecule has 0 saturated carbocycles. The summed E-state index contributed by atoms with van der Waals surface area (Å²) in [7, 11) is 0. The molecule has 0 fully saturated rings. The van der Waals surface area contributed by atoms with Gasteiger partial charge in [0.2, 0.25) is 0 Å². The molecule has 0 aliphatic rings. The molecule has 0 nitrogen and oxygen atoms in total. The fraction of sp³-hybridized carbons (Fsp3) is 0.0667. The molecule has 0 unspecified atom stereocenters. The molecule has 0 amide bonds. The molecule has 0 spiro atoms. The van der Waals surface area contributed by atoms with Crippen LogP contribution in [0, 0.1) is 0 Å². The summed E-state index contributed by atoms with van der Waals surface area (Å²) in [4.78, 5) is 1.37. The second-order valence-corrected chi connectivity index (χ2v) is 6.62. The van der Waals surface area contributed by atoms with E-state index in [9.17, 15) is 0 Å². The lowest BCUT2D eigenvalue weighted by molar-refractivity contribution is 1.23. The normalized spacial score (nSPS) is 11.0. The van der Waals surface area contributed by atoms with Gasteiger partial charge >= 0.3 is 0 Å². The van der Waals surface area contributed by atoms with Crippen LogP contribution >= 0.6 is 38.9 Å². The minimum atomic E-state index is 0.766. The van der Waals surface area contributed by atoms with Gasteiger partial charge in [0.25, 0.3) is 0 Å². The molecule has 18 heavy (non-hydrogen) atoms. The third kappa shape index (κ3) is 2.46. The summed E-state index contributed by atoms with van der Waals surface area (Å²) in [6.45, 7) is 0. The van der Waals surface area contributed by atoms with Gasteiger partial charge in [-0.25, -0.2) is 0 Å². The molecule has 90 valence electrons. The van der Waals surface area contributed by atoms with Gasteiger partial charge in [-0.1, -0.05) is 51.8 Å². The van der Waals surface area contributed by atoms with E-state index in [0.717, 1.165) is 15.9 Å². The van der Waals surface area contributed by atoms with Crippen molar-refractivity contribution in [2.75, 3.05) is 0 Å². The zero-order valence-electron chi connectivity index (χ0n) is 9.49. The van der Waals surface area contributed by atoms with Gasteiger partial charge in [-0.2, -0.15) is 0 Å². The second-order valence-electron chi connectivity index (χ2n) is 4.16. The summed E-state index contributed by atoms with van der Waals surface area (Å²) in [5, 5.41) is 2.09. The van der Waals surface area contributed by atoms with Crippen LogP contribution in [0.1, 0.15) is 10.4 Å². The topological polar surface area (TPSA) is 0 Å². The van der Waals surface area contributed by atoms with Gasteiger partial charge in [0, 0.05) is 25.5 Å². The molecule has 3 heteroatoms. The molecular formula is C15H10BrClS. The van der Waals surface area contributed by atoms with Crippen LogP contribution in [0.5, 0.6) is 0 Å². The van der Waals surface area contributed by atoms with Crippen molar-refractivity contribution in [3.63, 3.8) is 0 Å². The van der Waals surface area contributed by atoms with Gasteiger partial charge in [0.1, 0.15) is 0 Å². The summed E-state index contributed by atoms with van der Waals surface area (Å²) in [5.41, 5.74) is 1.27. The van der Waals surface area contributed by atoms with Gasteiger partial charge in [-0.05, 0) is 35.2 Å². The van der Waals surface area contributed by atoms with Crippen LogP contribution in [0.3, 0.4) is 0 Å². The monoisotopic (exact) mass is 336 g/mol. The predicted molar refractivity (Wildman–Crippen MR) is 83.8 cm³/mol. The van der Waals surface area contributed by atoms with Crippen molar-refractivity contribution in [2.45, 2.75) is 6.42 Å². The van der Waals surface area contributed by atoms with Gasteiger partial charge in [0.15, 0.2) is 0 Å². The van der Waals surface area contributed by atoms with Gasteiger partial charge in [-0.3, -0.25) is 0 Å². The molecule has 0 aliphatic heterocycles. The van der Waals surface area contributed by atoms with Crippen LogP contribution in [0.25, 0.3) is 10.1 Å². The lowest BCUT2D eigenvalue weighted by Crippen LogP contribution is -1.86. The molecule has 3 aromatic rings. The standard InChI is InChI=1S/C15H10BrClS/c16-14-9-12(17)6-5-10(14)7-13-8-11-3-1-2-4-15(11)18-13/h1-6,8-9H,7H2. The summed E-state index contributed by atoms with van der Waals surface area (Å²) in [6, 6.07) is 16.7. The molecule has 1 aromatic heterocycles. The molecule has 2 aromatic carbocycles. The minimum Gasteiger partial charge on any atom is -0.140 e. The van der Waals surface area contributed by atoms with Crippen molar-refractivity contribution in [2.24, 2.45) is 0 Å². The number of hydrogen-bond acceptors (Lipinski definition) is 1. The maximum absolute atomic E-state index is 5.96. The van der Waals surface area contributed by atoms with E-state index in [0.29, 0.717) is 0 Å². The number of fused-ring (bicyclic) bond motifs is 1. The Morgan fingerprint density at radius 3 is 2.67 bits per heavy atom. The Labute approximate surface area is 123 Å². The van der Waals surface area contributed by atoms with Crippen LogP contribution < -0.4 is 0 Å². The highest BCUT2D eigenvalue weighted by Gasteiger charge is 2.05. The summed E-state index contributed by atoms with van der Waals surface area (Å²) in [6.07, 6.45) is 0.942. The van der Waals surface area contributed by atoms with Crippen molar-refractivity contribution in [1.29, 1.82) is 0 Å². The van der Waals surface area contributed by atoms with Crippen LogP contribution in [-0.4, -0.2) is 0 Å². The van der Waals surface area contributed by atoms with E-state index in [1.165, 1.54) is 20.5 Å². The Morgan fingerprint density at radius 2 is 1.89 bits per heavy atom. The van der Waals surface area contributed by atoms with E-state index < -0.39 is 0 Å². The van der Waals surface area contributed by atoms with E-state index in [2.05, 4.69) is 52.3 Å². The van der Waals surface area contributed by atoms with E-state index in [1.54, 1.807) is 0 Å². The fourth-order valence-electron chi connectivity index (χ4n) is 1.98. The van der Waals surface area contributed by atoms with Crippen LogP contribution in [-0.2, 0) is 6.42 Å². The third-order valence-electron chi connectivity index (χ3n) is 2.86. The van der Waals surface area contributed by atoms with E-state index in [1.807, 2.05) is 23.5 Å². The maximum atomic E-state index is 5.96. The number of thiophene rings is 1.